The van der Waals surface area contributed by atoms with Crippen LogP contribution in [0, 0.1) is 0 Å². The number of rotatable bonds is 5. The predicted molar refractivity (Wildman–Crippen MR) is 87.2 cm³/mol. The van der Waals surface area contributed by atoms with Gasteiger partial charge in [-0.25, -0.2) is 0 Å². The van der Waals surface area contributed by atoms with Crippen LogP contribution in [0.15, 0.2) is 41.5 Å². The summed E-state index contributed by atoms with van der Waals surface area (Å²) in [6.45, 7) is 0. The minimum Gasteiger partial charge on any atom is -0.493 e. The smallest absolute Gasteiger partial charge is 0.416 e. The number of methoxy groups -OCH3 is 2. The van der Waals surface area contributed by atoms with Crippen LogP contribution < -0.4 is 14.9 Å². The van der Waals surface area contributed by atoms with E-state index in [2.05, 4.69) is 10.5 Å². The number of hydrogen-bond donors (Lipinski definition) is 1. The molecule has 0 saturated heterocycles. The minimum atomic E-state index is -4.45. The van der Waals surface area contributed by atoms with Crippen LogP contribution in [0.1, 0.15) is 11.1 Å². The number of alkyl halides is 3. The van der Waals surface area contributed by atoms with Crippen molar-refractivity contribution < 1.29 is 22.6 Å². The molecule has 0 aliphatic heterocycles. The summed E-state index contributed by atoms with van der Waals surface area (Å²) in [7, 11) is 3.02. The summed E-state index contributed by atoms with van der Waals surface area (Å²) in [5, 5.41) is 4.04. The second-order valence-corrected chi connectivity index (χ2v) is 5.08. The van der Waals surface area contributed by atoms with Crippen LogP contribution >= 0.6 is 11.6 Å². The van der Waals surface area contributed by atoms with E-state index in [1.54, 1.807) is 18.2 Å². The standard InChI is InChI=1S/C16H14ClF3N2O2/c1-23-14-6-3-10(7-15(14)24-2)9-21-22-13-8-11(16(18,19)20)4-5-12(13)17/h3-9,22H,1-2H3/b21-9-. The van der Waals surface area contributed by atoms with E-state index in [4.69, 9.17) is 21.1 Å². The Labute approximate surface area is 141 Å². The molecule has 128 valence electrons. The summed E-state index contributed by atoms with van der Waals surface area (Å²) in [6, 6.07) is 8.06. The van der Waals surface area contributed by atoms with Crippen molar-refractivity contribution in [2.75, 3.05) is 19.6 Å². The summed E-state index contributed by atoms with van der Waals surface area (Å²) >= 11 is 5.88. The van der Waals surface area contributed by atoms with Gasteiger partial charge in [-0.3, -0.25) is 5.43 Å². The lowest BCUT2D eigenvalue weighted by atomic mass is 10.2. The zero-order valence-electron chi connectivity index (χ0n) is 12.8. The highest BCUT2D eigenvalue weighted by Gasteiger charge is 2.30. The SMILES string of the molecule is COc1ccc(/C=N\Nc2cc(C(F)(F)F)ccc2Cl)cc1OC. The molecule has 2 aromatic rings. The van der Waals surface area contributed by atoms with E-state index in [9.17, 15) is 13.2 Å². The van der Waals surface area contributed by atoms with E-state index < -0.39 is 11.7 Å². The Morgan fingerprint density at radius 3 is 2.38 bits per heavy atom. The van der Waals surface area contributed by atoms with E-state index in [1.807, 2.05) is 0 Å². The Bertz CT molecular complexity index is 749. The molecule has 0 amide bonds. The fourth-order valence-electron chi connectivity index (χ4n) is 1.90. The summed E-state index contributed by atoms with van der Waals surface area (Å²) < 4.78 is 48.4. The number of hydrazone groups is 1. The van der Waals surface area contributed by atoms with Gasteiger partial charge in [-0.2, -0.15) is 18.3 Å². The van der Waals surface area contributed by atoms with Gasteiger partial charge in [-0.1, -0.05) is 11.6 Å². The molecule has 0 atom stereocenters. The van der Waals surface area contributed by atoms with Gasteiger partial charge in [0.1, 0.15) is 0 Å². The normalized spacial score (nSPS) is 11.6. The van der Waals surface area contributed by atoms with Crippen molar-refractivity contribution in [3.8, 4) is 11.5 Å². The van der Waals surface area contributed by atoms with Crippen molar-refractivity contribution in [1.82, 2.24) is 0 Å². The lowest BCUT2D eigenvalue weighted by molar-refractivity contribution is -0.137. The molecule has 0 aromatic heterocycles. The zero-order valence-corrected chi connectivity index (χ0v) is 13.6. The molecule has 2 rings (SSSR count). The first kappa shape index (κ1) is 17.9. The lowest BCUT2D eigenvalue weighted by Gasteiger charge is -2.10. The molecular weight excluding hydrogens is 345 g/mol. The van der Waals surface area contributed by atoms with Gasteiger partial charge in [0.2, 0.25) is 0 Å². The number of nitrogens with zero attached hydrogens (tertiary/aromatic N) is 1. The molecule has 8 heteroatoms. The number of anilines is 1. The van der Waals surface area contributed by atoms with Crippen LogP contribution in [0.5, 0.6) is 11.5 Å². The van der Waals surface area contributed by atoms with Crippen molar-refractivity contribution in [3.05, 3.63) is 52.5 Å². The second-order valence-electron chi connectivity index (χ2n) is 4.68. The van der Waals surface area contributed by atoms with Crippen LogP contribution in [0.2, 0.25) is 5.02 Å². The quantitative estimate of drug-likeness (QED) is 0.615. The Morgan fingerprint density at radius 2 is 1.75 bits per heavy atom. The van der Waals surface area contributed by atoms with E-state index in [-0.39, 0.29) is 10.7 Å². The van der Waals surface area contributed by atoms with E-state index in [1.165, 1.54) is 26.5 Å². The van der Waals surface area contributed by atoms with Gasteiger partial charge in [-0.15, -0.1) is 0 Å². The first-order valence-electron chi connectivity index (χ1n) is 6.73. The Balaban J connectivity index is 2.17. The molecule has 0 saturated carbocycles. The predicted octanol–water partition coefficient (Wildman–Crippen LogP) is 4.82. The summed E-state index contributed by atoms with van der Waals surface area (Å²) in [5.74, 6) is 1.07. The molecule has 0 aliphatic carbocycles. The van der Waals surface area contributed by atoms with Gasteiger partial charge in [0.15, 0.2) is 11.5 Å². The van der Waals surface area contributed by atoms with Crippen LogP contribution in [0.3, 0.4) is 0 Å². The van der Waals surface area contributed by atoms with Crippen LogP contribution in [0.4, 0.5) is 18.9 Å². The molecule has 0 unspecified atom stereocenters. The van der Waals surface area contributed by atoms with Crippen LogP contribution in [-0.4, -0.2) is 20.4 Å². The van der Waals surface area contributed by atoms with Gasteiger partial charge in [-0.05, 0) is 42.0 Å². The Hall–Kier alpha value is -2.41. The first-order valence-corrected chi connectivity index (χ1v) is 7.11. The average molecular weight is 359 g/mol. The Morgan fingerprint density at radius 1 is 1.04 bits per heavy atom. The van der Waals surface area contributed by atoms with Crippen molar-refractivity contribution in [3.63, 3.8) is 0 Å². The Kier molecular flexibility index (Phi) is 5.56. The van der Waals surface area contributed by atoms with Crippen molar-refractivity contribution in [2.24, 2.45) is 5.10 Å². The van der Waals surface area contributed by atoms with Crippen molar-refractivity contribution >= 4 is 23.5 Å². The van der Waals surface area contributed by atoms with Gasteiger partial charge >= 0.3 is 6.18 Å². The molecule has 0 aliphatic rings. The number of nitrogens with one attached hydrogen (secondary N) is 1. The molecule has 0 heterocycles. The van der Waals surface area contributed by atoms with Crippen LogP contribution in [0.25, 0.3) is 0 Å². The minimum absolute atomic E-state index is 0.0585. The molecule has 2 aromatic carbocycles. The molecule has 4 nitrogen and oxygen atoms in total. The summed E-state index contributed by atoms with van der Waals surface area (Å²) in [4.78, 5) is 0. The van der Waals surface area contributed by atoms with Crippen molar-refractivity contribution in [1.29, 1.82) is 0 Å². The topological polar surface area (TPSA) is 42.8 Å². The third-order valence-corrected chi connectivity index (χ3v) is 3.43. The maximum atomic E-state index is 12.7. The van der Waals surface area contributed by atoms with Gasteiger partial charge in [0.05, 0.1) is 36.7 Å². The number of hydrogen-bond acceptors (Lipinski definition) is 4. The van der Waals surface area contributed by atoms with Gasteiger partial charge in [0.25, 0.3) is 0 Å². The number of benzene rings is 2. The third kappa shape index (κ3) is 4.32. The molecular formula is C16H14ClF3N2O2. The fraction of sp³-hybridized carbons (Fsp3) is 0.188. The maximum Gasteiger partial charge on any atom is 0.416 e. The zero-order chi connectivity index (χ0) is 17.7. The summed E-state index contributed by atoms with van der Waals surface area (Å²) in [6.07, 6.45) is -3.02. The molecule has 24 heavy (non-hydrogen) atoms. The van der Waals surface area contributed by atoms with E-state index in [0.29, 0.717) is 17.1 Å². The molecule has 0 radical (unpaired) electrons. The molecule has 0 fully saturated rings. The first-order chi connectivity index (χ1) is 11.3. The molecule has 0 bridgehead atoms. The highest BCUT2D eigenvalue weighted by atomic mass is 35.5. The average Bonchev–Trinajstić information content (AvgIpc) is 2.55. The van der Waals surface area contributed by atoms with Crippen LogP contribution in [-0.2, 0) is 6.18 Å². The highest BCUT2D eigenvalue weighted by molar-refractivity contribution is 6.33. The largest absolute Gasteiger partial charge is 0.493 e. The van der Waals surface area contributed by atoms with Crippen molar-refractivity contribution in [2.45, 2.75) is 6.18 Å². The maximum absolute atomic E-state index is 12.7. The fourth-order valence-corrected chi connectivity index (χ4v) is 2.06. The molecule has 1 N–H and O–H groups in total. The van der Waals surface area contributed by atoms with E-state index >= 15 is 0 Å². The number of ether oxygens (including phenoxy) is 2. The third-order valence-electron chi connectivity index (χ3n) is 3.10. The molecule has 0 spiro atoms. The highest BCUT2D eigenvalue weighted by Crippen LogP contribution is 2.33. The van der Waals surface area contributed by atoms with Gasteiger partial charge in [0, 0.05) is 0 Å². The number of halogens is 4. The van der Waals surface area contributed by atoms with Gasteiger partial charge < -0.3 is 9.47 Å². The monoisotopic (exact) mass is 358 g/mol. The van der Waals surface area contributed by atoms with E-state index in [0.717, 1.165) is 12.1 Å². The summed E-state index contributed by atoms with van der Waals surface area (Å²) in [5.41, 5.74) is 2.42. The lowest BCUT2D eigenvalue weighted by Crippen LogP contribution is -2.05. The second kappa shape index (κ2) is 7.44.